The number of benzene rings is 1. The summed E-state index contributed by atoms with van der Waals surface area (Å²) < 4.78 is 0. The van der Waals surface area contributed by atoms with Crippen molar-refractivity contribution in [2.75, 3.05) is 13.1 Å². The number of pyridine rings is 1. The zero-order valence-corrected chi connectivity index (χ0v) is 14.7. The van der Waals surface area contributed by atoms with Gasteiger partial charge in [-0.3, -0.25) is 4.98 Å². The maximum absolute atomic E-state index is 6.03. The van der Waals surface area contributed by atoms with Crippen molar-refractivity contribution in [1.82, 2.24) is 15.4 Å². The van der Waals surface area contributed by atoms with Crippen molar-refractivity contribution in [3.63, 3.8) is 0 Å². The van der Waals surface area contributed by atoms with Crippen molar-refractivity contribution in [3.05, 3.63) is 64.9 Å². The van der Waals surface area contributed by atoms with Crippen LogP contribution in [0.15, 0.2) is 59.0 Å². The molecule has 1 unspecified atom stereocenters. The standard InChI is InChI=1S/C19H20ClN5/c20-16-6-4-15(5-7-16)18-17(14-8-10-21-11-9-14)19(23-22-18)24-25-12-2-1-3-13-25/h4-11,19,24H,1-3,12-13H2. The highest BCUT2D eigenvalue weighted by Gasteiger charge is 2.28. The Morgan fingerprint density at radius 1 is 0.920 bits per heavy atom. The van der Waals surface area contributed by atoms with Crippen LogP contribution in [-0.4, -0.2) is 29.2 Å². The van der Waals surface area contributed by atoms with Crippen molar-refractivity contribution < 1.29 is 0 Å². The zero-order valence-electron chi connectivity index (χ0n) is 13.9. The molecular formula is C19H20ClN5. The van der Waals surface area contributed by atoms with Crippen LogP contribution in [0.5, 0.6) is 0 Å². The summed E-state index contributed by atoms with van der Waals surface area (Å²) in [5.74, 6) is 0. The van der Waals surface area contributed by atoms with Crippen LogP contribution in [0.3, 0.4) is 0 Å². The van der Waals surface area contributed by atoms with Crippen molar-refractivity contribution >= 4 is 22.9 Å². The molecule has 0 amide bonds. The molecule has 1 N–H and O–H groups in total. The molecule has 6 heteroatoms. The molecule has 1 aromatic carbocycles. The lowest BCUT2D eigenvalue weighted by Gasteiger charge is -2.29. The van der Waals surface area contributed by atoms with Gasteiger partial charge in [0.25, 0.3) is 0 Å². The van der Waals surface area contributed by atoms with Crippen molar-refractivity contribution in [2.45, 2.75) is 25.4 Å². The Bertz CT molecular complexity index is 779. The van der Waals surface area contributed by atoms with Gasteiger partial charge in [0.05, 0.1) is 5.70 Å². The summed E-state index contributed by atoms with van der Waals surface area (Å²) in [6.45, 7) is 2.10. The molecule has 5 nitrogen and oxygen atoms in total. The fourth-order valence-electron chi connectivity index (χ4n) is 3.29. The molecule has 0 spiro atoms. The lowest BCUT2D eigenvalue weighted by Crippen LogP contribution is -2.46. The molecule has 128 valence electrons. The molecule has 2 aliphatic heterocycles. The molecule has 2 aromatic rings. The molecule has 0 saturated carbocycles. The van der Waals surface area contributed by atoms with Crippen LogP contribution >= 0.6 is 11.6 Å². The van der Waals surface area contributed by atoms with Crippen molar-refractivity contribution in [1.29, 1.82) is 0 Å². The van der Waals surface area contributed by atoms with E-state index in [9.17, 15) is 0 Å². The minimum absolute atomic E-state index is 0.175. The van der Waals surface area contributed by atoms with E-state index < -0.39 is 0 Å². The molecule has 1 fully saturated rings. The molecular weight excluding hydrogens is 334 g/mol. The topological polar surface area (TPSA) is 52.9 Å². The second kappa shape index (κ2) is 7.44. The van der Waals surface area contributed by atoms with Crippen LogP contribution in [0.25, 0.3) is 11.3 Å². The maximum atomic E-state index is 6.03. The monoisotopic (exact) mass is 353 g/mol. The van der Waals surface area contributed by atoms with Gasteiger partial charge in [-0.25, -0.2) is 10.4 Å². The molecule has 2 aliphatic rings. The summed E-state index contributed by atoms with van der Waals surface area (Å²) in [5.41, 5.74) is 7.61. The van der Waals surface area contributed by atoms with E-state index in [2.05, 4.69) is 25.6 Å². The SMILES string of the molecule is Clc1ccc(C2=C(c3ccncc3)C(NN3CCCCC3)N=N2)cc1. The Labute approximate surface area is 152 Å². The molecule has 25 heavy (non-hydrogen) atoms. The van der Waals surface area contributed by atoms with Gasteiger partial charge in [-0.05, 0) is 42.7 Å². The Morgan fingerprint density at radius 2 is 1.64 bits per heavy atom. The fourth-order valence-corrected chi connectivity index (χ4v) is 3.42. The number of halogens is 1. The summed E-state index contributed by atoms with van der Waals surface area (Å²) in [6.07, 6.45) is 7.17. The van der Waals surface area contributed by atoms with Gasteiger partial charge in [-0.15, -0.1) is 0 Å². The van der Waals surface area contributed by atoms with Gasteiger partial charge in [0.1, 0.15) is 0 Å². The molecule has 3 heterocycles. The average molecular weight is 354 g/mol. The normalized spacial score (nSPS) is 21.1. The quantitative estimate of drug-likeness (QED) is 0.887. The third-order valence-corrected chi connectivity index (χ3v) is 4.82. The minimum Gasteiger partial charge on any atom is -0.265 e. The predicted octanol–water partition coefficient (Wildman–Crippen LogP) is 4.39. The van der Waals surface area contributed by atoms with Crippen LogP contribution < -0.4 is 5.43 Å². The van der Waals surface area contributed by atoms with Gasteiger partial charge < -0.3 is 0 Å². The maximum Gasteiger partial charge on any atom is 0.162 e. The number of hydrazine groups is 1. The Hall–Kier alpha value is -2.08. The van der Waals surface area contributed by atoms with Crippen LogP contribution in [0.4, 0.5) is 0 Å². The van der Waals surface area contributed by atoms with Gasteiger partial charge >= 0.3 is 0 Å². The number of rotatable bonds is 4. The molecule has 1 atom stereocenters. The number of aromatic nitrogens is 1. The van der Waals surface area contributed by atoms with E-state index in [-0.39, 0.29) is 6.17 Å². The molecule has 0 bridgehead atoms. The number of azo groups is 1. The summed E-state index contributed by atoms with van der Waals surface area (Å²) in [5, 5.41) is 12.0. The summed E-state index contributed by atoms with van der Waals surface area (Å²) in [6, 6.07) is 11.8. The second-order valence-electron chi connectivity index (χ2n) is 6.30. The van der Waals surface area contributed by atoms with E-state index in [4.69, 9.17) is 11.6 Å². The largest absolute Gasteiger partial charge is 0.265 e. The lowest BCUT2D eigenvalue weighted by atomic mass is 9.99. The average Bonchev–Trinajstić information content (AvgIpc) is 3.07. The first-order valence-electron chi connectivity index (χ1n) is 8.64. The molecule has 1 aromatic heterocycles. The lowest BCUT2D eigenvalue weighted by molar-refractivity contribution is 0.143. The van der Waals surface area contributed by atoms with Crippen molar-refractivity contribution in [2.24, 2.45) is 10.2 Å². The van der Waals surface area contributed by atoms with E-state index in [1.807, 2.05) is 36.4 Å². The molecule has 1 saturated heterocycles. The fraction of sp³-hybridized carbons (Fsp3) is 0.316. The minimum atomic E-state index is -0.175. The number of hydrogen-bond acceptors (Lipinski definition) is 5. The van der Waals surface area contributed by atoms with E-state index in [1.54, 1.807) is 12.4 Å². The molecule has 0 radical (unpaired) electrons. The molecule has 4 rings (SSSR count). The molecule has 0 aliphatic carbocycles. The van der Waals surface area contributed by atoms with Gasteiger partial charge in [-0.1, -0.05) is 30.2 Å². The summed E-state index contributed by atoms with van der Waals surface area (Å²) in [7, 11) is 0. The zero-order chi connectivity index (χ0) is 17.1. The second-order valence-corrected chi connectivity index (χ2v) is 6.74. The third kappa shape index (κ3) is 3.63. The highest BCUT2D eigenvalue weighted by Crippen LogP contribution is 2.36. The Kier molecular flexibility index (Phi) is 4.88. The number of nitrogens with one attached hydrogen (secondary N) is 1. The van der Waals surface area contributed by atoms with E-state index in [1.165, 1.54) is 19.3 Å². The number of piperidine rings is 1. The van der Waals surface area contributed by atoms with Crippen LogP contribution in [0.2, 0.25) is 5.02 Å². The smallest absolute Gasteiger partial charge is 0.162 e. The predicted molar refractivity (Wildman–Crippen MR) is 99.7 cm³/mol. The van der Waals surface area contributed by atoms with Crippen LogP contribution in [-0.2, 0) is 0 Å². The van der Waals surface area contributed by atoms with Gasteiger partial charge in [0, 0.05) is 41.6 Å². The van der Waals surface area contributed by atoms with Crippen molar-refractivity contribution in [3.8, 4) is 0 Å². The van der Waals surface area contributed by atoms with E-state index in [0.717, 1.165) is 35.5 Å². The van der Waals surface area contributed by atoms with Gasteiger partial charge in [0.15, 0.2) is 6.17 Å². The number of hydrogen-bond donors (Lipinski definition) is 1. The van der Waals surface area contributed by atoms with Gasteiger partial charge in [0.2, 0.25) is 0 Å². The van der Waals surface area contributed by atoms with Crippen LogP contribution in [0.1, 0.15) is 30.4 Å². The van der Waals surface area contributed by atoms with E-state index >= 15 is 0 Å². The first-order valence-corrected chi connectivity index (χ1v) is 9.01. The highest BCUT2D eigenvalue weighted by atomic mass is 35.5. The first-order chi connectivity index (χ1) is 12.3. The van der Waals surface area contributed by atoms with Gasteiger partial charge in [-0.2, -0.15) is 10.2 Å². The highest BCUT2D eigenvalue weighted by molar-refractivity contribution is 6.30. The first kappa shape index (κ1) is 16.4. The Balaban J connectivity index is 1.70. The summed E-state index contributed by atoms with van der Waals surface area (Å²) >= 11 is 6.03. The Morgan fingerprint density at radius 3 is 2.36 bits per heavy atom. The summed E-state index contributed by atoms with van der Waals surface area (Å²) in [4.78, 5) is 4.13. The van der Waals surface area contributed by atoms with E-state index in [0.29, 0.717) is 5.02 Å². The third-order valence-electron chi connectivity index (χ3n) is 4.57. The van der Waals surface area contributed by atoms with Crippen LogP contribution in [0, 0.1) is 0 Å². The number of nitrogens with zero attached hydrogens (tertiary/aromatic N) is 4.